The van der Waals surface area contributed by atoms with Crippen molar-refractivity contribution in [2.75, 3.05) is 10.0 Å². The van der Waals surface area contributed by atoms with Gasteiger partial charge >= 0.3 is 6.18 Å². The number of sulfonamides is 1. The molecule has 166 valence electrons. The quantitative estimate of drug-likeness (QED) is 0.507. The van der Waals surface area contributed by atoms with E-state index in [4.69, 9.17) is 0 Å². The summed E-state index contributed by atoms with van der Waals surface area (Å²) in [7, 11) is -4.41. The number of ketones is 1. The summed E-state index contributed by atoms with van der Waals surface area (Å²) >= 11 is 0. The van der Waals surface area contributed by atoms with Crippen molar-refractivity contribution < 1.29 is 31.2 Å². The Morgan fingerprint density at radius 2 is 1.53 bits per heavy atom. The average Bonchev–Trinajstić information content (AvgIpc) is 2.73. The number of hydrogen-bond acceptors (Lipinski definition) is 4. The van der Waals surface area contributed by atoms with Crippen LogP contribution in [0.15, 0.2) is 77.7 Å². The maximum absolute atomic E-state index is 12.9. The molecule has 0 aliphatic heterocycles. The van der Waals surface area contributed by atoms with Gasteiger partial charge in [0, 0.05) is 11.3 Å². The Morgan fingerprint density at radius 3 is 2.16 bits per heavy atom. The van der Waals surface area contributed by atoms with Crippen molar-refractivity contribution in [3.63, 3.8) is 0 Å². The van der Waals surface area contributed by atoms with E-state index in [9.17, 15) is 31.2 Å². The highest BCUT2D eigenvalue weighted by Crippen LogP contribution is 2.31. The minimum atomic E-state index is -4.71. The maximum Gasteiger partial charge on any atom is 0.416 e. The number of benzene rings is 3. The molecule has 32 heavy (non-hydrogen) atoms. The van der Waals surface area contributed by atoms with E-state index < -0.39 is 32.6 Å². The van der Waals surface area contributed by atoms with Crippen molar-refractivity contribution in [3.8, 4) is 0 Å². The smallest absolute Gasteiger partial charge is 0.322 e. The highest BCUT2D eigenvalue weighted by molar-refractivity contribution is 7.92. The largest absolute Gasteiger partial charge is 0.416 e. The molecule has 0 bridgehead atoms. The molecule has 0 atom stereocenters. The van der Waals surface area contributed by atoms with Crippen molar-refractivity contribution in [2.24, 2.45) is 0 Å². The van der Waals surface area contributed by atoms with Gasteiger partial charge in [-0.3, -0.25) is 14.3 Å². The van der Waals surface area contributed by atoms with Gasteiger partial charge in [-0.05, 0) is 61.5 Å². The Kier molecular flexibility index (Phi) is 6.35. The molecule has 2 N–H and O–H groups in total. The van der Waals surface area contributed by atoms with E-state index in [1.54, 1.807) is 0 Å². The lowest BCUT2D eigenvalue weighted by molar-refractivity contribution is -0.137. The summed E-state index contributed by atoms with van der Waals surface area (Å²) in [5, 5.41) is 2.59. The summed E-state index contributed by atoms with van der Waals surface area (Å²) in [6.45, 7) is 1.40. The molecule has 0 saturated carbocycles. The maximum atomic E-state index is 12.9. The van der Waals surface area contributed by atoms with E-state index in [0.29, 0.717) is 17.3 Å². The molecular weight excluding hydrogens is 445 g/mol. The number of nitrogens with one attached hydrogen (secondary N) is 2. The third-order valence-electron chi connectivity index (χ3n) is 4.44. The number of halogens is 3. The van der Waals surface area contributed by atoms with E-state index in [2.05, 4.69) is 10.0 Å². The van der Waals surface area contributed by atoms with Crippen LogP contribution < -0.4 is 10.0 Å². The number of amides is 1. The lowest BCUT2D eigenvalue weighted by Crippen LogP contribution is -2.19. The van der Waals surface area contributed by atoms with Crippen molar-refractivity contribution in [3.05, 3.63) is 89.5 Å². The Balaban J connectivity index is 1.86. The van der Waals surface area contributed by atoms with E-state index in [0.717, 1.165) is 18.2 Å². The number of alkyl halides is 3. The van der Waals surface area contributed by atoms with Crippen LogP contribution in [0.4, 0.5) is 24.5 Å². The summed E-state index contributed by atoms with van der Waals surface area (Å²) in [5.74, 6) is -0.792. The second-order valence-corrected chi connectivity index (χ2v) is 8.45. The fourth-order valence-corrected chi connectivity index (χ4v) is 3.93. The minimum absolute atomic E-state index is 0.0429. The standard InChI is InChI=1S/C22H17F3N2O4S/c1-14(28)15-9-11-17(12-10-15)26-21(29)19-7-2-3-8-20(19)27-32(30,31)18-6-4-5-16(13-18)22(23,24)25/h2-13,27H,1H3,(H,26,29). The van der Waals surface area contributed by atoms with Gasteiger partial charge < -0.3 is 5.32 Å². The van der Waals surface area contributed by atoms with Crippen LogP contribution in [-0.2, 0) is 16.2 Å². The summed E-state index contributed by atoms with van der Waals surface area (Å²) in [6.07, 6.45) is -4.71. The fourth-order valence-electron chi connectivity index (χ4n) is 2.80. The molecular formula is C22H17F3N2O4S. The predicted molar refractivity (Wildman–Crippen MR) is 113 cm³/mol. The SMILES string of the molecule is CC(=O)c1ccc(NC(=O)c2ccccc2NS(=O)(=O)c2cccc(C(F)(F)F)c2)cc1. The molecule has 0 aromatic heterocycles. The van der Waals surface area contributed by atoms with Crippen LogP contribution in [-0.4, -0.2) is 20.1 Å². The molecule has 0 unspecified atom stereocenters. The van der Waals surface area contributed by atoms with Crippen molar-refractivity contribution in [1.29, 1.82) is 0 Å². The van der Waals surface area contributed by atoms with Gasteiger partial charge in [0.05, 0.1) is 21.7 Å². The lowest BCUT2D eigenvalue weighted by Gasteiger charge is -2.14. The normalized spacial score (nSPS) is 11.6. The first-order valence-corrected chi connectivity index (χ1v) is 10.7. The van der Waals surface area contributed by atoms with Gasteiger partial charge in [0.2, 0.25) is 0 Å². The molecule has 1 amide bonds. The summed E-state index contributed by atoms with van der Waals surface area (Å²) in [6, 6.07) is 15.0. The molecule has 3 rings (SSSR count). The van der Waals surface area contributed by atoms with E-state index >= 15 is 0 Å². The number of anilines is 2. The zero-order chi connectivity index (χ0) is 23.5. The molecule has 0 fully saturated rings. The first-order chi connectivity index (χ1) is 15.0. The highest BCUT2D eigenvalue weighted by Gasteiger charge is 2.31. The van der Waals surface area contributed by atoms with Crippen LogP contribution in [0.1, 0.15) is 33.2 Å². The van der Waals surface area contributed by atoms with Gasteiger partial charge in [0.25, 0.3) is 15.9 Å². The summed E-state index contributed by atoms with van der Waals surface area (Å²) in [4.78, 5) is 23.5. The topological polar surface area (TPSA) is 92.3 Å². The molecule has 0 aliphatic rings. The monoisotopic (exact) mass is 462 g/mol. The second-order valence-electron chi connectivity index (χ2n) is 6.76. The van der Waals surface area contributed by atoms with E-state index in [1.165, 1.54) is 55.5 Å². The zero-order valence-corrected chi connectivity index (χ0v) is 17.4. The first kappa shape index (κ1) is 23.0. The van der Waals surface area contributed by atoms with Crippen LogP contribution in [0, 0.1) is 0 Å². The third-order valence-corrected chi connectivity index (χ3v) is 5.80. The Bertz CT molecular complexity index is 1270. The van der Waals surface area contributed by atoms with Gasteiger partial charge in [-0.25, -0.2) is 8.42 Å². The molecule has 3 aromatic carbocycles. The average molecular weight is 462 g/mol. The molecule has 0 spiro atoms. The van der Waals surface area contributed by atoms with Crippen LogP contribution in [0.2, 0.25) is 0 Å². The van der Waals surface area contributed by atoms with Gasteiger partial charge in [0.1, 0.15) is 0 Å². The number of Topliss-reactive ketones (excluding diaryl/α,β-unsaturated/α-hetero) is 1. The molecule has 10 heteroatoms. The highest BCUT2D eigenvalue weighted by atomic mass is 32.2. The molecule has 0 radical (unpaired) electrons. The number of para-hydroxylation sites is 1. The van der Waals surface area contributed by atoms with Crippen molar-refractivity contribution in [2.45, 2.75) is 18.0 Å². The number of carbonyl (C=O) groups is 2. The predicted octanol–water partition coefficient (Wildman–Crippen LogP) is 4.96. The van der Waals surface area contributed by atoms with Crippen molar-refractivity contribution in [1.82, 2.24) is 0 Å². The number of rotatable bonds is 6. The zero-order valence-electron chi connectivity index (χ0n) is 16.6. The van der Waals surface area contributed by atoms with Gasteiger partial charge in [-0.15, -0.1) is 0 Å². The number of hydrogen-bond donors (Lipinski definition) is 2. The molecule has 3 aromatic rings. The Labute approximate surface area is 182 Å². The van der Waals surface area contributed by atoms with Crippen LogP contribution >= 0.6 is 0 Å². The van der Waals surface area contributed by atoms with Crippen molar-refractivity contribution >= 4 is 33.1 Å². The number of carbonyl (C=O) groups excluding carboxylic acids is 2. The molecule has 0 saturated heterocycles. The van der Waals surface area contributed by atoms with Gasteiger partial charge in [-0.1, -0.05) is 18.2 Å². The lowest BCUT2D eigenvalue weighted by atomic mass is 10.1. The van der Waals surface area contributed by atoms with Gasteiger partial charge in [-0.2, -0.15) is 13.2 Å². The summed E-state index contributed by atoms with van der Waals surface area (Å²) in [5.41, 5.74) is -0.436. The van der Waals surface area contributed by atoms with E-state index in [-0.39, 0.29) is 17.0 Å². The Hall–Kier alpha value is -3.66. The second kappa shape index (κ2) is 8.83. The third kappa shape index (κ3) is 5.33. The van der Waals surface area contributed by atoms with E-state index in [1.807, 2.05) is 0 Å². The van der Waals surface area contributed by atoms with Crippen LogP contribution in [0.5, 0.6) is 0 Å². The molecule has 0 aliphatic carbocycles. The summed E-state index contributed by atoms with van der Waals surface area (Å²) < 4.78 is 66.3. The van der Waals surface area contributed by atoms with Crippen LogP contribution in [0.3, 0.4) is 0 Å². The Morgan fingerprint density at radius 1 is 0.875 bits per heavy atom. The first-order valence-electron chi connectivity index (χ1n) is 9.19. The fraction of sp³-hybridized carbons (Fsp3) is 0.0909. The van der Waals surface area contributed by atoms with Crippen LogP contribution in [0.25, 0.3) is 0 Å². The molecule has 0 heterocycles. The minimum Gasteiger partial charge on any atom is -0.322 e. The molecule has 6 nitrogen and oxygen atoms in total. The van der Waals surface area contributed by atoms with Gasteiger partial charge in [0.15, 0.2) is 5.78 Å².